The number of halogens is 4. The van der Waals surface area contributed by atoms with Crippen molar-refractivity contribution < 1.29 is 22.3 Å². The quantitative estimate of drug-likeness (QED) is 0.179. The molecule has 11 heteroatoms. The van der Waals surface area contributed by atoms with Gasteiger partial charge in [-0.25, -0.2) is 13.5 Å². The maximum Gasteiger partial charge on any atom is 0.302 e. The Hall–Kier alpha value is -5.55. The van der Waals surface area contributed by atoms with Gasteiger partial charge in [-0.1, -0.05) is 30.0 Å². The van der Waals surface area contributed by atoms with E-state index < -0.39 is 41.3 Å². The lowest BCUT2D eigenvalue weighted by atomic mass is 9.89. The third-order valence-electron chi connectivity index (χ3n) is 6.13. The Bertz CT molecular complexity index is 1760. The molecule has 0 N–H and O–H groups in total. The number of hydrogen-bond donors (Lipinski definition) is 0. The third kappa shape index (κ3) is 6.60. The second-order valence-corrected chi connectivity index (χ2v) is 8.99. The maximum absolute atomic E-state index is 15.7. The van der Waals surface area contributed by atoms with Crippen LogP contribution in [0.25, 0.3) is 0 Å². The summed E-state index contributed by atoms with van der Waals surface area (Å²) in [6.07, 6.45) is 2.30. The molecule has 0 saturated heterocycles. The zero-order valence-electron chi connectivity index (χ0n) is 21.7. The van der Waals surface area contributed by atoms with Crippen molar-refractivity contribution in [1.29, 1.82) is 5.26 Å². The summed E-state index contributed by atoms with van der Waals surface area (Å²) in [7, 11) is 0. The molecule has 42 heavy (non-hydrogen) atoms. The summed E-state index contributed by atoms with van der Waals surface area (Å²) in [5.41, 5.74) is 1.41. The van der Waals surface area contributed by atoms with Gasteiger partial charge in [0.25, 0.3) is 0 Å². The molecule has 0 aliphatic carbocycles. The van der Waals surface area contributed by atoms with E-state index in [0.29, 0.717) is 35.1 Å². The summed E-state index contributed by atoms with van der Waals surface area (Å²) in [5.74, 6) is -0.0329. The van der Waals surface area contributed by atoms with Crippen LogP contribution in [-0.4, -0.2) is 25.2 Å². The minimum atomic E-state index is -3.75. The van der Waals surface area contributed by atoms with Gasteiger partial charge in [-0.05, 0) is 70.6 Å². The van der Waals surface area contributed by atoms with E-state index in [2.05, 4.69) is 38.4 Å². The zero-order chi connectivity index (χ0) is 29.5. The van der Waals surface area contributed by atoms with E-state index >= 15 is 8.78 Å². The molecular formula is C31H19F4N6O. The van der Waals surface area contributed by atoms with Crippen LogP contribution in [0.15, 0.2) is 91.4 Å². The van der Waals surface area contributed by atoms with Gasteiger partial charge in [0.05, 0.1) is 18.2 Å². The number of benzene rings is 3. The lowest BCUT2D eigenvalue weighted by molar-refractivity contribution is 0.00521. The highest BCUT2D eigenvalue weighted by atomic mass is 19.3. The Morgan fingerprint density at radius 1 is 0.881 bits per heavy atom. The van der Waals surface area contributed by atoms with Crippen molar-refractivity contribution in [2.24, 2.45) is 0 Å². The number of alkyl halides is 2. The van der Waals surface area contributed by atoms with Crippen LogP contribution in [0.3, 0.4) is 0 Å². The number of aromatic nitrogens is 5. The first-order chi connectivity index (χ1) is 20.3. The normalized spacial score (nSPS) is 11.0. The van der Waals surface area contributed by atoms with Gasteiger partial charge in [-0.3, -0.25) is 4.98 Å². The number of tetrazole rings is 1. The Balaban J connectivity index is 1.28. The fourth-order valence-corrected chi connectivity index (χ4v) is 3.93. The van der Waals surface area contributed by atoms with Crippen molar-refractivity contribution in [3.63, 3.8) is 0 Å². The van der Waals surface area contributed by atoms with E-state index in [1.165, 1.54) is 12.3 Å². The van der Waals surface area contributed by atoms with E-state index in [-0.39, 0.29) is 0 Å². The summed E-state index contributed by atoms with van der Waals surface area (Å²) in [5, 5.41) is 19.3. The van der Waals surface area contributed by atoms with Gasteiger partial charge in [-0.15, -0.1) is 5.10 Å². The van der Waals surface area contributed by atoms with Crippen LogP contribution < -0.4 is 4.74 Å². The fraction of sp³-hybridized carbons (Fsp3) is 0.0968. The molecule has 3 aromatic carbocycles. The standard InChI is InChI=1S/C31H19F4N6O/c32-25-10-13-27(29(33)15-25)28(18-41-20-38-39-40-41)31(34,35)30-14-9-23(17-37-30)4-1-21-7-11-26(12-8-21)42-19-24-5-2-22(16-36)3-6-24/h2-3,5-15,17,20H,18-19H2. The topological polar surface area (TPSA) is 89.5 Å². The predicted octanol–water partition coefficient (Wildman–Crippen LogP) is 5.61. The van der Waals surface area contributed by atoms with Crippen molar-refractivity contribution in [2.45, 2.75) is 19.1 Å². The van der Waals surface area contributed by atoms with Gasteiger partial charge in [0.1, 0.15) is 41.9 Å². The molecule has 0 atom stereocenters. The second-order valence-electron chi connectivity index (χ2n) is 8.99. The molecule has 207 valence electrons. The second kappa shape index (κ2) is 12.3. The van der Waals surface area contributed by atoms with Crippen LogP contribution in [0, 0.1) is 40.7 Å². The molecule has 2 heterocycles. The van der Waals surface area contributed by atoms with Crippen LogP contribution >= 0.6 is 0 Å². The minimum absolute atomic E-state index is 0.335. The number of ether oxygens (including phenoxy) is 1. The number of hydrogen-bond acceptors (Lipinski definition) is 6. The zero-order valence-corrected chi connectivity index (χ0v) is 21.7. The molecule has 0 aliphatic heterocycles. The largest absolute Gasteiger partial charge is 0.489 e. The molecule has 5 rings (SSSR count). The Labute approximate surface area is 238 Å². The van der Waals surface area contributed by atoms with Crippen molar-refractivity contribution in [2.75, 3.05) is 0 Å². The molecule has 0 aliphatic rings. The number of pyridine rings is 1. The maximum atomic E-state index is 15.7. The molecule has 2 aromatic heterocycles. The Morgan fingerprint density at radius 3 is 2.24 bits per heavy atom. The first-order valence-electron chi connectivity index (χ1n) is 12.4. The van der Waals surface area contributed by atoms with Crippen molar-refractivity contribution in [3.05, 3.63) is 142 Å². The summed E-state index contributed by atoms with van der Waals surface area (Å²) >= 11 is 0. The third-order valence-corrected chi connectivity index (χ3v) is 6.13. The highest BCUT2D eigenvalue weighted by Crippen LogP contribution is 2.42. The smallest absolute Gasteiger partial charge is 0.302 e. The molecule has 7 nitrogen and oxygen atoms in total. The van der Waals surface area contributed by atoms with Gasteiger partial charge >= 0.3 is 5.92 Å². The van der Waals surface area contributed by atoms with Crippen LogP contribution in [0.1, 0.15) is 33.5 Å². The van der Waals surface area contributed by atoms with E-state index in [4.69, 9.17) is 10.00 Å². The highest BCUT2D eigenvalue weighted by Gasteiger charge is 2.46. The van der Waals surface area contributed by atoms with Gasteiger partial charge in [0.2, 0.25) is 0 Å². The van der Waals surface area contributed by atoms with Crippen LogP contribution in [0.2, 0.25) is 0 Å². The predicted molar refractivity (Wildman–Crippen MR) is 143 cm³/mol. The first-order valence-corrected chi connectivity index (χ1v) is 12.4. The van der Waals surface area contributed by atoms with Gasteiger partial charge in [-0.2, -0.15) is 14.0 Å². The van der Waals surface area contributed by atoms with Gasteiger partial charge < -0.3 is 4.74 Å². The summed E-state index contributed by atoms with van der Waals surface area (Å²) in [4.78, 5) is 3.90. The monoisotopic (exact) mass is 567 g/mol. The minimum Gasteiger partial charge on any atom is -0.489 e. The Morgan fingerprint density at radius 2 is 1.60 bits per heavy atom. The summed E-state index contributed by atoms with van der Waals surface area (Å²) in [6.45, 7) is -0.221. The number of nitrogens with zero attached hydrogens (tertiary/aromatic N) is 6. The first kappa shape index (κ1) is 28.0. The average Bonchev–Trinajstić information content (AvgIpc) is 3.53. The summed E-state index contributed by atoms with van der Waals surface area (Å²) < 4.78 is 66.2. The molecule has 0 spiro atoms. The van der Waals surface area contributed by atoms with Crippen molar-refractivity contribution in [1.82, 2.24) is 25.2 Å². The molecule has 0 fully saturated rings. The molecule has 0 saturated carbocycles. The molecule has 0 amide bonds. The lowest BCUT2D eigenvalue weighted by Crippen LogP contribution is -2.30. The van der Waals surface area contributed by atoms with Crippen LogP contribution in [0.4, 0.5) is 17.6 Å². The number of nitriles is 1. The summed E-state index contributed by atoms with van der Waals surface area (Å²) in [6, 6.07) is 21.0. The van der Waals surface area contributed by atoms with Gasteiger partial charge in [0, 0.05) is 29.0 Å². The molecular weight excluding hydrogens is 548 g/mol. The molecule has 1 radical (unpaired) electrons. The van der Waals surface area contributed by atoms with E-state index in [0.717, 1.165) is 34.8 Å². The SMILES string of the molecule is N#Cc1ccc(COc2ccc(C#Cc3ccc(C(F)(F)[C](Cn4cnnn4)c4ccc(F)cc4F)nc3)cc2)cc1. The lowest BCUT2D eigenvalue weighted by Gasteiger charge is -2.26. The molecule has 5 aromatic rings. The van der Waals surface area contributed by atoms with Gasteiger partial charge in [0.15, 0.2) is 0 Å². The Kier molecular flexibility index (Phi) is 8.21. The van der Waals surface area contributed by atoms with E-state index in [9.17, 15) is 8.78 Å². The average molecular weight is 568 g/mol. The van der Waals surface area contributed by atoms with Crippen molar-refractivity contribution >= 4 is 0 Å². The number of rotatable bonds is 8. The molecule has 0 unspecified atom stereocenters. The van der Waals surface area contributed by atoms with E-state index in [1.54, 1.807) is 36.4 Å². The highest BCUT2D eigenvalue weighted by molar-refractivity contribution is 5.45. The fourth-order valence-electron chi connectivity index (χ4n) is 3.93. The van der Waals surface area contributed by atoms with Crippen LogP contribution in [0.5, 0.6) is 5.75 Å². The van der Waals surface area contributed by atoms with Crippen LogP contribution in [-0.2, 0) is 19.1 Å². The van der Waals surface area contributed by atoms with E-state index in [1.807, 2.05) is 12.1 Å². The van der Waals surface area contributed by atoms with Crippen molar-refractivity contribution in [3.8, 4) is 23.7 Å². The molecule has 0 bridgehead atoms.